The van der Waals surface area contributed by atoms with Crippen molar-refractivity contribution in [3.05, 3.63) is 35.9 Å². The van der Waals surface area contributed by atoms with E-state index in [1.807, 2.05) is 11.1 Å². The highest BCUT2D eigenvalue weighted by atomic mass is 16.7. The summed E-state index contributed by atoms with van der Waals surface area (Å²) in [6.45, 7) is 11.7. The van der Waals surface area contributed by atoms with E-state index in [2.05, 4.69) is 32.7 Å². The van der Waals surface area contributed by atoms with Crippen LogP contribution in [0, 0.1) is 0 Å². The summed E-state index contributed by atoms with van der Waals surface area (Å²) in [4.78, 5) is 35.5. The van der Waals surface area contributed by atoms with Gasteiger partial charge >= 0.3 is 11.9 Å². The van der Waals surface area contributed by atoms with Gasteiger partial charge in [0, 0.05) is 11.1 Å². The Labute approximate surface area is 178 Å². The van der Waals surface area contributed by atoms with Crippen LogP contribution in [0.3, 0.4) is 0 Å². The van der Waals surface area contributed by atoms with Gasteiger partial charge in [0.15, 0.2) is 11.6 Å². The summed E-state index contributed by atoms with van der Waals surface area (Å²) in [5.41, 5.74) is -1.02. The standard InChI is InChI=1S/C23H32N2O5/c1-21(2)13-10-14-22(3,4)25(21)30-17(18-24-23(5,6)20(27)29-18)15-28-19(26)16-11-8-7-9-12-16/h7-9,11-12,17H,10,13-15H2,1-6H3. The number of cyclic esters (lactones) is 1. The van der Waals surface area contributed by atoms with Gasteiger partial charge in [0.25, 0.3) is 0 Å². The number of carbonyl (C=O) groups excluding carboxylic acids is 2. The monoisotopic (exact) mass is 416 g/mol. The number of benzene rings is 1. The number of ether oxygens (including phenoxy) is 2. The van der Waals surface area contributed by atoms with Crippen molar-refractivity contribution in [3.63, 3.8) is 0 Å². The highest BCUT2D eigenvalue weighted by Gasteiger charge is 2.47. The Morgan fingerprint density at radius 3 is 2.23 bits per heavy atom. The Balaban J connectivity index is 1.83. The Morgan fingerprint density at radius 2 is 1.70 bits per heavy atom. The van der Waals surface area contributed by atoms with E-state index in [4.69, 9.17) is 14.3 Å². The van der Waals surface area contributed by atoms with Gasteiger partial charge in [0.1, 0.15) is 6.61 Å². The number of carbonyl (C=O) groups is 2. The maximum atomic E-state index is 12.5. The molecule has 1 aromatic carbocycles. The van der Waals surface area contributed by atoms with Crippen LogP contribution in [0.4, 0.5) is 0 Å². The number of hydroxylamine groups is 2. The second-order valence-electron chi connectivity index (χ2n) is 9.73. The predicted molar refractivity (Wildman–Crippen MR) is 113 cm³/mol. The van der Waals surface area contributed by atoms with Crippen molar-refractivity contribution in [2.45, 2.75) is 83.5 Å². The minimum absolute atomic E-state index is 0.113. The fourth-order valence-electron chi connectivity index (χ4n) is 4.05. The van der Waals surface area contributed by atoms with Gasteiger partial charge in [0.2, 0.25) is 5.90 Å². The van der Waals surface area contributed by atoms with Crippen LogP contribution in [0.5, 0.6) is 0 Å². The van der Waals surface area contributed by atoms with E-state index in [0.717, 1.165) is 19.3 Å². The number of aliphatic imine (C=N–C) groups is 1. The molecule has 0 radical (unpaired) electrons. The fraction of sp³-hybridized carbons (Fsp3) is 0.609. The summed E-state index contributed by atoms with van der Waals surface area (Å²) < 4.78 is 10.9. The van der Waals surface area contributed by atoms with E-state index in [1.165, 1.54) is 0 Å². The lowest BCUT2D eigenvalue weighted by atomic mass is 9.82. The summed E-state index contributed by atoms with van der Waals surface area (Å²) >= 11 is 0. The van der Waals surface area contributed by atoms with Crippen LogP contribution in [0.15, 0.2) is 35.3 Å². The second kappa shape index (κ2) is 8.12. The quantitative estimate of drug-likeness (QED) is 0.654. The topological polar surface area (TPSA) is 77.4 Å². The first-order valence-corrected chi connectivity index (χ1v) is 10.4. The van der Waals surface area contributed by atoms with Crippen molar-refractivity contribution in [1.29, 1.82) is 0 Å². The molecule has 7 heteroatoms. The molecule has 0 aromatic heterocycles. The number of piperidine rings is 1. The van der Waals surface area contributed by atoms with Crippen LogP contribution in [-0.2, 0) is 19.1 Å². The number of esters is 2. The third kappa shape index (κ3) is 4.73. The van der Waals surface area contributed by atoms with Gasteiger partial charge in [-0.2, -0.15) is 5.06 Å². The summed E-state index contributed by atoms with van der Waals surface area (Å²) in [5, 5.41) is 1.95. The van der Waals surface area contributed by atoms with Gasteiger partial charge in [-0.1, -0.05) is 18.2 Å². The van der Waals surface area contributed by atoms with Crippen LogP contribution in [0.25, 0.3) is 0 Å². The maximum absolute atomic E-state index is 12.5. The average molecular weight is 417 g/mol. The maximum Gasteiger partial charge on any atom is 0.340 e. The van der Waals surface area contributed by atoms with Crippen molar-refractivity contribution >= 4 is 17.8 Å². The summed E-state index contributed by atoms with van der Waals surface area (Å²) in [5.74, 6) is -0.772. The van der Waals surface area contributed by atoms with E-state index >= 15 is 0 Å². The Bertz CT molecular complexity index is 813. The van der Waals surface area contributed by atoms with Crippen molar-refractivity contribution in [1.82, 2.24) is 5.06 Å². The average Bonchev–Trinajstić information content (AvgIpc) is 2.93. The molecule has 0 bridgehead atoms. The zero-order chi connectivity index (χ0) is 22.2. The van der Waals surface area contributed by atoms with Gasteiger partial charge in [-0.15, -0.1) is 0 Å². The smallest absolute Gasteiger partial charge is 0.340 e. The van der Waals surface area contributed by atoms with Gasteiger partial charge in [0.05, 0.1) is 5.56 Å². The Kier molecular flexibility index (Phi) is 6.07. The Hall–Kier alpha value is -2.25. The first-order valence-electron chi connectivity index (χ1n) is 10.4. The van der Waals surface area contributed by atoms with Crippen LogP contribution in [0.2, 0.25) is 0 Å². The van der Waals surface area contributed by atoms with E-state index in [9.17, 15) is 9.59 Å². The van der Waals surface area contributed by atoms with Crippen LogP contribution in [-0.4, -0.2) is 52.2 Å². The SMILES string of the molecule is CC1(C)N=C(C(COC(=O)c2ccccc2)ON2C(C)(C)CCCC2(C)C)OC1=O. The van der Waals surface area contributed by atoms with Crippen LogP contribution >= 0.6 is 0 Å². The van der Waals surface area contributed by atoms with Gasteiger partial charge in [-0.3, -0.25) is 4.84 Å². The molecular formula is C23H32N2O5. The summed E-state index contributed by atoms with van der Waals surface area (Å²) in [6.07, 6.45) is 2.20. The molecule has 0 aliphatic carbocycles. The molecule has 1 fully saturated rings. The van der Waals surface area contributed by atoms with E-state index in [1.54, 1.807) is 38.1 Å². The molecule has 3 rings (SSSR count). The second-order valence-corrected chi connectivity index (χ2v) is 9.73. The largest absolute Gasteiger partial charge is 0.459 e. The molecule has 2 aliphatic rings. The van der Waals surface area contributed by atoms with E-state index in [0.29, 0.717) is 5.56 Å². The summed E-state index contributed by atoms with van der Waals surface area (Å²) in [7, 11) is 0. The van der Waals surface area contributed by atoms with Gasteiger partial charge in [-0.25, -0.2) is 14.6 Å². The van der Waals surface area contributed by atoms with Crippen molar-refractivity contribution in [3.8, 4) is 0 Å². The minimum atomic E-state index is -0.993. The number of hydrogen-bond acceptors (Lipinski definition) is 7. The van der Waals surface area contributed by atoms with Crippen LogP contribution in [0.1, 0.15) is 71.2 Å². The number of nitrogens with zero attached hydrogens (tertiary/aromatic N) is 2. The molecule has 0 saturated carbocycles. The third-order valence-electron chi connectivity index (χ3n) is 5.65. The van der Waals surface area contributed by atoms with Crippen LogP contribution < -0.4 is 0 Å². The van der Waals surface area contributed by atoms with E-state index in [-0.39, 0.29) is 23.6 Å². The number of hydrogen-bond donors (Lipinski definition) is 0. The molecule has 0 amide bonds. The molecule has 7 nitrogen and oxygen atoms in total. The zero-order valence-corrected chi connectivity index (χ0v) is 18.7. The molecule has 0 spiro atoms. The van der Waals surface area contributed by atoms with Crippen molar-refractivity contribution < 1.29 is 23.9 Å². The highest BCUT2D eigenvalue weighted by molar-refractivity contribution is 6.01. The molecule has 2 aliphatic heterocycles. The Morgan fingerprint density at radius 1 is 1.10 bits per heavy atom. The first-order chi connectivity index (χ1) is 13.9. The lowest BCUT2D eigenvalue weighted by molar-refractivity contribution is -0.297. The number of rotatable bonds is 6. The zero-order valence-electron chi connectivity index (χ0n) is 18.7. The molecule has 1 atom stereocenters. The fourth-order valence-corrected chi connectivity index (χ4v) is 4.05. The molecule has 164 valence electrons. The molecule has 2 heterocycles. The molecule has 1 unspecified atom stereocenters. The molecule has 1 aromatic rings. The first kappa shape index (κ1) is 22.4. The van der Waals surface area contributed by atoms with Crippen molar-refractivity contribution in [2.75, 3.05) is 6.61 Å². The van der Waals surface area contributed by atoms with E-state index < -0.39 is 23.6 Å². The van der Waals surface area contributed by atoms with Gasteiger partial charge < -0.3 is 9.47 Å². The lowest BCUT2D eigenvalue weighted by Crippen LogP contribution is -2.60. The third-order valence-corrected chi connectivity index (χ3v) is 5.65. The van der Waals surface area contributed by atoms with Gasteiger partial charge in [-0.05, 0) is 72.9 Å². The molecule has 1 saturated heterocycles. The predicted octanol–water partition coefficient (Wildman–Crippen LogP) is 3.92. The normalized spacial score (nSPS) is 23.4. The minimum Gasteiger partial charge on any atom is -0.459 e. The molecule has 0 N–H and O–H groups in total. The molecule has 30 heavy (non-hydrogen) atoms. The molecular weight excluding hydrogens is 384 g/mol. The lowest BCUT2D eigenvalue weighted by Gasteiger charge is -2.52. The summed E-state index contributed by atoms with van der Waals surface area (Å²) in [6, 6.07) is 8.75. The van der Waals surface area contributed by atoms with Crippen molar-refractivity contribution in [2.24, 2.45) is 4.99 Å². The highest BCUT2D eigenvalue weighted by Crippen LogP contribution is 2.39.